The predicted octanol–water partition coefficient (Wildman–Crippen LogP) is 2.69. The maximum absolute atomic E-state index is 11.7. The average molecular weight is 265 g/mol. The highest BCUT2D eigenvalue weighted by Gasteiger charge is 2.18. The Morgan fingerprint density at radius 3 is 2.63 bits per heavy atom. The van der Waals surface area contributed by atoms with Gasteiger partial charge in [-0.05, 0) is 18.9 Å². The summed E-state index contributed by atoms with van der Waals surface area (Å²) in [6, 6.07) is 1.82. The first-order chi connectivity index (χ1) is 9.03. The van der Waals surface area contributed by atoms with E-state index in [4.69, 9.17) is 10.5 Å². The largest absolute Gasteiger partial charge is 0.465 e. The molecular weight excluding hydrogens is 242 g/mol. The van der Waals surface area contributed by atoms with Gasteiger partial charge in [-0.25, -0.2) is 9.78 Å². The number of nitrogen functional groups attached to an aromatic ring is 1. The Morgan fingerprint density at radius 1 is 1.47 bits per heavy atom. The third kappa shape index (κ3) is 3.84. The normalized spacial score (nSPS) is 12.3. The zero-order valence-corrected chi connectivity index (χ0v) is 12.1. The molecule has 1 atom stereocenters. The molecule has 19 heavy (non-hydrogen) atoms. The molecule has 0 fully saturated rings. The van der Waals surface area contributed by atoms with E-state index in [1.807, 2.05) is 0 Å². The van der Waals surface area contributed by atoms with Gasteiger partial charge in [0.25, 0.3) is 0 Å². The van der Waals surface area contributed by atoms with Crippen molar-refractivity contribution in [2.45, 2.75) is 39.7 Å². The second-order valence-corrected chi connectivity index (χ2v) is 4.67. The molecule has 1 unspecified atom stereocenters. The summed E-state index contributed by atoms with van der Waals surface area (Å²) in [7, 11) is 1.35. The van der Waals surface area contributed by atoms with Crippen molar-refractivity contribution in [2.75, 3.05) is 18.2 Å². The van der Waals surface area contributed by atoms with Gasteiger partial charge in [-0.2, -0.15) is 0 Å². The van der Waals surface area contributed by atoms with Crippen LogP contribution in [0.2, 0.25) is 0 Å². The van der Waals surface area contributed by atoms with Crippen molar-refractivity contribution in [3.05, 3.63) is 17.8 Å². The minimum atomic E-state index is -0.431. The number of anilines is 2. The maximum atomic E-state index is 11.7. The number of rotatable bonds is 6. The molecule has 5 nitrogen and oxygen atoms in total. The van der Waals surface area contributed by atoms with Crippen LogP contribution in [0.3, 0.4) is 0 Å². The van der Waals surface area contributed by atoms with Crippen LogP contribution < -0.4 is 11.1 Å². The van der Waals surface area contributed by atoms with Crippen molar-refractivity contribution >= 4 is 17.5 Å². The van der Waals surface area contributed by atoms with E-state index in [9.17, 15) is 4.79 Å². The van der Waals surface area contributed by atoms with E-state index >= 15 is 0 Å². The topological polar surface area (TPSA) is 77.2 Å². The molecule has 0 amide bonds. The molecule has 5 heteroatoms. The first-order valence-corrected chi connectivity index (χ1v) is 6.63. The summed E-state index contributed by atoms with van der Waals surface area (Å²) in [5.74, 6) is 0.629. The van der Waals surface area contributed by atoms with E-state index in [1.165, 1.54) is 13.3 Å². The number of ether oxygens (including phenoxy) is 1. The number of methoxy groups -OCH3 is 1. The van der Waals surface area contributed by atoms with Crippen LogP contribution in [0.5, 0.6) is 0 Å². The minimum absolute atomic E-state index is 0.231. The standard InChI is InChI=1S/C14H23N3O2/c1-5-10(6-2)9(3)17-13-12(14(18)19-4)7-11(15)8-16-13/h7-10H,5-6,15H2,1-4H3,(H,16,17). The summed E-state index contributed by atoms with van der Waals surface area (Å²) in [5, 5.41) is 3.29. The lowest BCUT2D eigenvalue weighted by molar-refractivity contribution is 0.0601. The monoisotopic (exact) mass is 265 g/mol. The number of nitrogens with two attached hydrogens (primary N) is 1. The molecule has 0 radical (unpaired) electrons. The van der Waals surface area contributed by atoms with Gasteiger partial charge in [0.2, 0.25) is 0 Å². The summed E-state index contributed by atoms with van der Waals surface area (Å²) in [5.41, 5.74) is 6.49. The van der Waals surface area contributed by atoms with E-state index in [0.717, 1.165) is 12.8 Å². The number of nitrogens with one attached hydrogen (secondary N) is 1. The molecule has 1 rings (SSSR count). The SMILES string of the molecule is CCC(CC)C(C)Nc1ncc(N)cc1C(=O)OC. The van der Waals surface area contributed by atoms with Crippen LogP contribution in [0.15, 0.2) is 12.3 Å². The van der Waals surface area contributed by atoms with Gasteiger partial charge in [-0.3, -0.25) is 0 Å². The zero-order chi connectivity index (χ0) is 14.4. The molecule has 0 aliphatic rings. The Labute approximate surface area is 114 Å². The van der Waals surface area contributed by atoms with Crippen molar-refractivity contribution < 1.29 is 9.53 Å². The van der Waals surface area contributed by atoms with Gasteiger partial charge in [-0.15, -0.1) is 0 Å². The van der Waals surface area contributed by atoms with Crippen molar-refractivity contribution in [3.8, 4) is 0 Å². The van der Waals surface area contributed by atoms with Crippen LogP contribution in [0.1, 0.15) is 44.0 Å². The molecular formula is C14H23N3O2. The smallest absolute Gasteiger partial charge is 0.341 e. The second-order valence-electron chi connectivity index (χ2n) is 4.67. The Balaban J connectivity index is 2.97. The van der Waals surface area contributed by atoms with Gasteiger partial charge in [0.05, 0.1) is 19.0 Å². The Kier molecular flexibility index (Phi) is 5.60. The van der Waals surface area contributed by atoms with Gasteiger partial charge < -0.3 is 15.8 Å². The third-order valence-electron chi connectivity index (χ3n) is 3.43. The van der Waals surface area contributed by atoms with Gasteiger partial charge in [0.1, 0.15) is 11.4 Å². The summed E-state index contributed by atoms with van der Waals surface area (Å²) < 4.78 is 4.75. The predicted molar refractivity (Wildman–Crippen MR) is 77.1 cm³/mol. The Morgan fingerprint density at radius 2 is 2.11 bits per heavy atom. The number of pyridine rings is 1. The van der Waals surface area contributed by atoms with Crippen molar-refractivity contribution in [1.82, 2.24) is 4.98 Å². The molecule has 1 aromatic rings. The zero-order valence-electron chi connectivity index (χ0n) is 12.1. The van der Waals surface area contributed by atoms with E-state index in [-0.39, 0.29) is 6.04 Å². The van der Waals surface area contributed by atoms with E-state index < -0.39 is 5.97 Å². The van der Waals surface area contributed by atoms with Crippen molar-refractivity contribution in [2.24, 2.45) is 5.92 Å². The van der Waals surface area contributed by atoms with Crippen LogP contribution in [-0.2, 0) is 4.74 Å². The highest BCUT2D eigenvalue weighted by atomic mass is 16.5. The number of aromatic nitrogens is 1. The molecule has 0 saturated heterocycles. The quantitative estimate of drug-likeness (QED) is 0.773. The molecule has 0 aliphatic heterocycles. The van der Waals surface area contributed by atoms with Crippen LogP contribution in [-0.4, -0.2) is 24.1 Å². The summed E-state index contributed by atoms with van der Waals surface area (Å²) in [6.45, 7) is 6.41. The Hall–Kier alpha value is -1.78. The molecule has 0 aliphatic carbocycles. The fourth-order valence-corrected chi connectivity index (χ4v) is 2.19. The molecule has 0 spiro atoms. The van der Waals surface area contributed by atoms with Gasteiger partial charge in [0, 0.05) is 6.04 Å². The van der Waals surface area contributed by atoms with E-state index in [0.29, 0.717) is 23.0 Å². The number of carbonyl (C=O) groups is 1. The number of hydrogen-bond donors (Lipinski definition) is 2. The molecule has 1 aromatic heterocycles. The van der Waals surface area contributed by atoms with Crippen LogP contribution in [0.4, 0.5) is 11.5 Å². The molecule has 0 bridgehead atoms. The number of esters is 1. The molecule has 0 saturated carbocycles. The average Bonchev–Trinajstić information content (AvgIpc) is 2.41. The van der Waals surface area contributed by atoms with Gasteiger partial charge in [0.15, 0.2) is 0 Å². The lowest BCUT2D eigenvalue weighted by Crippen LogP contribution is -2.26. The van der Waals surface area contributed by atoms with Crippen LogP contribution in [0.25, 0.3) is 0 Å². The molecule has 1 heterocycles. The lowest BCUT2D eigenvalue weighted by atomic mass is 9.95. The second kappa shape index (κ2) is 6.97. The highest BCUT2D eigenvalue weighted by molar-refractivity contribution is 5.95. The minimum Gasteiger partial charge on any atom is -0.465 e. The molecule has 0 aromatic carbocycles. The maximum Gasteiger partial charge on any atom is 0.341 e. The first-order valence-electron chi connectivity index (χ1n) is 6.63. The third-order valence-corrected chi connectivity index (χ3v) is 3.43. The summed E-state index contributed by atoms with van der Waals surface area (Å²) in [6.07, 6.45) is 3.69. The van der Waals surface area contributed by atoms with Crippen LogP contribution >= 0.6 is 0 Å². The number of hydrogen-bond acceptors (Lipinski definition) is 5. The lowest BCUT2D eigenvalue weighted by Gasteiger charge is -2.23. The van der Waals surface area contributed by atoms with Crippen molar-refractivity contribution in [3.63, 3.8) is 0 Å². The van der Waals surface area contributed by atoms with Gasteiger partial charge >= 0.3 is 5.97 Å². The van der Waals surface area contributed by atoms with E-state index in [2.05, 4.69) is 31.1 Å². The van der Waals surface area contributed by atoms with Gasteiger partial charge in [-0.1, -0.05) is 26.7 Å². The summed E-state index contributed by atoms with van der Waals surface area (Å²) in [4.78, 5) is 15.9. The fraction of sp³-hybridized carbons (Fsp3) is 0.571. The number of carbonyl (C=O) groups excluding carboxylic acids is 1. The number of nitrogens with zero attached hydrogens (tertiary/aromatic N) is 1. The van der Waals surface area contributed by atoms with E-state index in [1.54, 1.807) is 6.07 Å². The molecule has 106 valence electrons. The Bertz CT molecular complexity index is 431. The highest BCUT2D eigenvalue weighted by Crippen LogP contribution is 2.21. The van der Waals surface area contributed by atoms with Crippen molar-refractivity contribution in [1.29, 1.82) is 0 Å². The van der Waals surface area contributed by atoms with Crippen LogP contribution in [0, 0.1) is 5.92 Å². The first kappa shape index (κ1) is 15.3. The fourth-order valence-electron chi connectivity index (χ4n) is 2.19. The molecule has 3 N–H and O–H groups in total. The summed E-state index contributed by atoms with van der Waals surface area (Å²) >= 11 is 0.